The largest absolute Gasteiger partial charge is 0.307 e. The van der Waals surface area contributed by atoms with Gasteiger partial charge in [0.05, 0.1) is 5.92 Å². The van der Waals surface area contributed by atoms with Crippen LogP contribution in [0.4, 0.5) is 5.82 Å². The molecule has 148 valence electrons. The Bertz CT molecular complexity index is 1010. The highest BCUT2D eigenvalue weighted by Gasteiger charge is 2.44. The molecular weight excluding hydrogens is 386 g/mol. The molecule has 1 N–H and O–H groups in total. The number of nitrogens with zero attached hydrogens (tertiary/aromatic N) is 2. The third-order valence-electron chi connectivity index (χ3n) is 5.54. The Morgan fingerprint density at radius 3 is 2.55 bits per heavy atom. The van der Waals surface area contributed by atoms with Crippen molar-refractivity contribution in [3.05, 3.63) is 70.5 Å². The minimum Gasteiger partial charge on any atom is -0.307 e. The molecule has 2 aliphatic rings. The number of carbonyl (C=O) groups excluding carboxylic acids is 2. The number of rotatable bonds is 3. The zero-order valence-corrected chi connectivity index (χ0v) is 17.1. The monoisotopic (exact) mass is 407 g/mol. The van der Waals surface area contributed by atoms with Crippen molar-refractivity contribution in [2.75, 3.05) is 5.32 Å². The van der Waals surface area contributed by atoms with Crippen molar-refractivity contribution in [1.82, 2.24) is 4.98 Å². The summed E-state index contributed by atoms with van der Waals surface area (Å²) < 4.78 is 0. The van der Waals surface area contributed by atoms with Crippen molar-refractivity contribution in [1.29, 1.82) is 0 Å². The summed E-state index contributed by atoms with van der Waals surface area (Å²) in [6.45, 7) is 3.90. The summed E-state index contributed by atoms with van der Waals surface area (Å²) in [6, 6.07) is 12.7. The Morgan fingerprint density at radius 2 is 1.86 bits per heavy atom. The van der Waals surface area contributed by atoms with Gasteiger partial charge in [-0.25, -0.2) is 4.98 Å². The first-order valence-corrected chi connectivity index (χ1v) is 10.1. The lowest BCUT2D eigenvalue weighted by molar-refractivity contribution is -0.123. The molecule has 6 heteroatoms. The van der Waals surface area contributed by atoms with Crippen LogP contribution in [-0.4, -0.2) is 22.4 Å². The van der Waals surface area contributed by atoms with Gasteiger partial charge in [0.2, 0.25) is 0 Å². The number of anilines is 1. The fraction of sp³-hybridized carbons (Fsp3) is 0.304. The van der Waals surface area contributed by atoms with E-state index in [0.29, 0.717) is 28.5 Å². The summed E-state index contributed by atoms with van der Waals surface area (Å²) in [5, 5.41) is 3.47. The average molecular weight is 408 g/mol. The number of ketones is 1. The molecule has 1 aromatic carbocycles. The number of allylic oxidation sites excluding steroid dienone is 1. The van der Waals surface area contributed by atoms with E-state index in [1.54, 1.807) is 30.5 Å². The number of pyridine rings is 1. The van der Waals surface area contributed by atoms with E-state index in [9.17, 15) is 9.59 Å². The summed E-state index contributed by atoms with van der Waals surface area (Å²) in [5.74, 6) is -0.219. The highest BCUT2D eigenvalue weighted by Crippen LogP contribution is 2.44. The number of fused-ring (bicyclic) bond motifs is 1. The van der Waals surface area contributed by atoms with Crippen LogP contribution in [0.1, 0.15) is 38.2 Å². The van der Waals surface area contributed by atoms with Gasteiger partial charge < -0.3 is 5.32 Å². The summed E-state index contributed by atoms with van der Waals surface area (Å²) in [7, 11) is 0. The van der Waals surface area contributed by atoms with Crippen molar-refractivity contribution in [3.63, 3.8) is 0 Å². The molecule has 0 bridgehead atoms. The first-order valence-electron chi connectivity index (χ1n) is 9.73. The van der Waals surface area contributed by atoms with Crippen LogP contribution in [0, 0.1) is 11.8 Å². The molecular formula is C23H22ClN3O2. The van der Waals surface area contributed by atoms with Gasteiger partial charge in [-0.15, -0.1) is 0 Å². The SMILES string of the molecule is CC1=C(C(=O)Nc2ccccn2)[C@@H](c2ccc(Cl)cc2)C2C(=O)C[C@@H](C)CC2=N1. The molecule has 1 aliphatic heterocycles. The van der Waals surface area contributed by atoms with Gasteiger partial charge in [0, 0.05) is 40.5 Å². The van der Waals surface area contributed by atoms with Crippen LogP contribution >= 0.6 is 11.6 Å². The number of carbonyl (C=O) groups is 2. The number of hydrogen-bond donors (Lipinski definition) is 1. The zero-order valence-electron chi connectivity index (χ0n) is 16.4. The summed E-state index contributed by atoms with van der Waals surface area (Å²) in [5.41, 5.74) is 2.92. The van der Waals surface area contributed by atoms with Crippen LogP contribution in [0.25, 0.3) is 0 Å². The maximum Gasteiger partial charge on any atom is 0.255 e. The zero-order chi connectivity index (χ0) is 20.5. The smallest absolute Gasteiger partial charge is 0.255 e. The molecule has 3 atom stereocenters. The van der Waals surface area contributed by atoms with Gasteiger partial charge in [0.1, 0.15) is 11.6 Å². The van der Waals surface area contributed by atoms with Gasteiger partial charge in [-0.1, -0.05) is 36.7 Å². The first kappa shape index (κ1) is 19.5. The Morgan fingerprint density at radius 1 is 1.10 bits per heavy atom. The number of nitrogens with one attached hydrogen (secondary N) is 1. The van der Waals surface area contributed by atoms with E-state index in [-0.39, 0.29) is 23.5 Å². The predicted octanol–water partition coefficient (Wildman–Crippen LogP) is 4.80. The quantitative estimate of drug-likeness (QED) is 0.794. The second-order valence-corrected chi connectivity index (χ2v) is 8.19. The molecule has 29 heavy (non-hydrogen) atoms. The highest BCUT2D eigenvalue weighted by molar-refractivity contribution is 6.30. The maximum atomic E-state index is 13.3. The van der Waals surface area contributed by atoms with Crippen molar-refractivity contribution >= 4 is 34.8 Å². The molecule has 2 aromatic rings. The lowest BCUT2D eigenvalue weighted by atomic mass is 9.67. The molecule has 0 spiro atoms. The van der Waals surface area contributed by atoms with Crippen LogP contribution in [0.5, 0.6) is 0 Å². The van der Waals surface area contributed by atoms with Crippen LogP contribution in [0.3, 0.4) is 0 Å². The van der Waals surface area contributed by atoms with E-state index < -0.39 is 5.92 Å². The molecule has 5 nitrogen and oxygen atoms in total. The number of amides is 1. The molecule has 4 rings (SSSR count). The molecule has 1 aliphatic carbocycles. The van der Waals surface area contributed by atoms with Gasteiger partial charge >= 0.3 is 0 Å². The molecule has 1 aromatic heterocycles. The van der Waals surface area contributed by atoms with E-state index in [1.807, 2.05) is 25.1 Å². The Hall–Kier alpha value is -2.79. The number of halogens is 1. The highest BCUT2D eigenvalue weighted by atomic mass is 35.5. The lowest BCUT2D eigenvalue weighted by Crippen LogP contribution is -2.41. The van der Waals surface area contributed by atoms with Crippen molar-refractivity contribution in [3.8, 4) is 0 Å². The average Bonchev–Trinajstić information content (AvgIpc) is 2.68. The minimum atomic E-state index is -0.416. The number of hydrogen-bond acceptors (Lipinski definition) is 4. The number of Topliss-reactive ketones (excluding diaryl/α,β-unsaturated/α-hetero) is 1. The predicted molar refractivity (Wildman–Crippen MR) is 114 cm³/mol. The standard InChI is InChI=1S/C23H22ClN3O2/c1-13-11-17-22(18(28)12-13)21(15-6-8-16(24)9-7-15)20(14(2)26-17)23(29)27-19-5-3-4-10-25-19/h3-10,13,21-22H,11-12H2,1-2H3,(H,25,27,29)/t13-,21+,22?/m0/s1. The van der Waals surface area contributed by atoms with Crippen molar-refractivity contribution in [2.45, 2.75) is 32.6 Å². The third-order valence-corrected chi connectivity index (χ3v) is 5.79. The first-order chi connectivity index (χ1) is 13.9. The van der Waals surface area contributed by atoms with Gasteiger partial charge in [-0.3, -0.25) is 14.6 Å². The van der Waals surface area contributed by atoms with E-state index in [1.165, 1.54) is 0 Å². The topological polar surface area (TPSA) is 71.4 Å². The number of benzene rings is 1. The third kappa shape index (κ3) is 3.87. The Kier molecular flexibility index (Phi) is 5.33. The second kappa shape index (κ2) is 7.91. The van der Waals surface area contributed by atoms with Gasteiger partial charge in [-0.05, 0) is 49.1 Å². The van der Waals surface area contributed by atoms with E-state index in [2.05, 4.69) is 17.2 Å². The second-order valence-electron chi connectivity index (χ2n) is 7.76. The fourth-order valence-corrected chi connectivity index (χ4v) is 4.45. The minimum absolute atomic E-state index is 0.137. The molecule has 1 unspecified atom stereocenters. The summed E-state index contributed by atoms with van der Waals surface area (Å²) in [6.07, 6.45) is 2.89. The lowest BCUT2D eigenvalue weighted by Gasteiger charge is -2.37. The van der Waals surface area contributed by atoms with E-state index in [4.69, 9.17) is 16.6 Å². The molecule has 0 radical (unpaired) electrons. The molecule has 1 amide bonds. The maximum absolute atomic E-state index is 13.3. The normalized spacial score (nSPS) is 24.0. The van der Waals surface area contributed by atoms with Crippen molar-refractivity contribution < 1.29 is 9.59 Å². The molecule has 1 saturated carbocycles. The van der Waals surface area contributed by atoms with E-state index >= 15 is 0 Å². The van der Waals surface area contributed by atoms with Crippen LogP contribution in [-0.2, 0) is 9.59 Å². The summed E-state index contributed by atoms with van der Waals surface area (Å²) in [4.78, 5) is 35.2. The number of aliphatic imine (C=N–C) groups is 1. The molecule has 2 heterocycles. The van der Waals surface area contributed by atoms with Gasteiger partial charge in [0.25, 0.3) is 5.91 Å². The van der Waals surface area contributed by atoms with Crippen molar-refractivity contribution in [2.24, 2.45) is 16.8 Å². The van der Waals surface area contributed by atoms with Crippen LogP contribution in [0.2, 0.25) is 5.02 Å². The van der Waals surface area contributed by atoms with Crippen LogP contribution in [0.15, 0.2) is 64.9 Å². The summed E-state index contributed by atoms with van der Waals surface area (Å²) >= 11 is 6.08. The van der Waals surface area contributed by atoms with Gasteiger partial charge in [-0.2, -0.15) is 0 Å². The molecule has 1 fully saturated rings. The Labute approximate surface area is 174 Å². The van der Waals surface area contributed by atoms with Gasteiger partial charge in [0.15, 0.2) is 0 Å². The number of aromatic nitrogens is 1. The Balaban J connectivity index is 1.80. The van der Waals surface area contributed by atoms with Crippen LogP contribution < -0.4 is 5.32 Å². The fourth-order valence-electron chi connectivity index (χ4n) is 4.33. The molecule has 0 saturated heterocycles. The van der Waals surface area contributed by atoms with E-state index in [0.717, 1.165) is 17.7 Å².